The van der Waals surface area contributed by atoms with E-state index in [2.05, 4.69) is 10.0 Å². The summed E-state index contributed by atoms with van der Waals surface area (Å²) in [5, 5.41) is 7.08. The van der Waals surface area contributed by atoms with Crippen LogP contribution in [0.3, 0.4) is 0 Å². The maximum absolute atomic E-state index is 13.5. The van der Waals surface area contributed by atoms with E-state index in [-0.39, 0.29) is 24.5 Å². The second kappa shape index (κ2) is 9.12. The molecule has 4 rings (SSSR count). The molecule has 0 radical (unpaired) electrons. The van der Waals surface area contributed by atoms with Crippen LogP contribution in [0.1, 0.15) is 18.4 Å². The molecule has 0 saturated carbocycles. The number of hydrogen-bond acceptors (Lipinski definition) is 6. The van der Waals surface area contributed by atoms with E-state index < -0.39 is 5.97 Å². The number of esters is 1. The van der Waals surface area contributed by atoms with Gasteiger partial charge in [0.05, 0.1) is 31.4 Å². The monoisotopic (exact) mass is 431 g/mol. The number of halogens is 2. The minimum absolute atomic E-state index is 0.254. The Balaban J connectivity index is 1.81. The molecule has 2 heterocycles. The lowest BCUT2D eigenvalue weighted by Crippen LogP contribution is -2.52. The van der Waals surface area contributed by atoms with Gasteiger partial charge in [-0.25, -0.2) is 14.2 Å². The van der Waals surface area contributed by atoms with Crippen molar-refractivity contribution in [2.24, 2.45) is 5.10 Å². The number of rotatable bonds is 5. The maximum Gasteiger partial charge on any atom is 0.355 e. The predicted molar refractivity (Wildman–Crippen MR) is 113 cm³/mol. The Bertz CT molecular complexity index is 914. The lowest BCUT2D eigenvalue weighted by Gasteiger charge is -2.39. The van der Waals surface area contributed by atoms with Gasteiger partial charge in [-0.15, -0.1) is 0 Å². The Labute approximate surface area is 179 Å². The van der Waals surface area contributed by atoms with E-state index in [0.29, 0.717) is 42.7 Å². The summed E-state index contributed by atoms with van der Waals surface area (Å²) in [5.74, 6) is -1.14. The molecule has 2 aliphatic rings. The van der Waals surface area contributed by atoms with E-state index in [4.69, 9.17) is 21.1 Å². The first-order valence-electron chi connectivity index (χ1n) is 9.96. The summed E-state index contributed by atoms with van der Waals surface area (Å²) in [7, 11) is 0. The fourth-order valence-corrected chi connectivity index (χ4v) is 4.03. The normalized spacial score (nSPS) is 22.1. The van der Waals surface area contributed by atoms with Gasteiger partial charge in [0.1, 0.15) is 12.0 Å². The van der Waals surface area contributed by atoms with Crippen molar-refractivity contribution in [3.8, 4) is 0 Å². The smallest absolute Gasteiger partial charge is 0.355 e. The molecule has 0 amide bonds. The molecule has 30 heavy (non-hydrogen) atoms. The van der Waals surface area contributed by atoms with Crippen LogP contribution in [0, 0.1) is 5.82 Å². The molecule has 2 aliphatic heterocycles. The number of morpholine rings is 1. The van der Waals surface area contributed by atoms with Crippen molar-refractivity contribution < 1.29 is 18.7 Å². The van der Waals surface area contributed by atoms with Gasteiger partial charge in [0.2, 0.25) is 0 Å². The first-order chi connectivity index (χ1) is 14.6. The zero-order valence-electron chi connectivity index (χ0n) is 16.6. The van der Waals surface area contributed by atoms with Crippen LogP contribution in [-0.2, 0) is 14.3 Å². The fourth-order valence-electron chi connectivity index (χ4n) is 3.90. The van der Waals surface area contributed by atoms with Gasteiger partial charge in [-0.1, -0.05) is 23.7 Å². The van der Waals surface area contributed by atoms with Crippen molar-refractivity contribution in [2.45, 2.75) is 19.0 Å². The van der Waals surface area contributed by atoms with E-state index in [0.717, 1.165) is 5.56 Å². The number of benzene rings is 2. The van der Waals surface area contributed by atoms with E-state index in [1.54, 1.807) is 36.2 Å². The molecule has 2 aromatic carbocycles. The third kappa shape index (κ3) is 4.19. The van der Waals surface area contributed by atoms with Crippen LogP contribution in [0.4, 0.5) is 10.1 Å². The highest BCUT2D eigenvalue weighted by Crippen LogP contribution is 2.38. The molecule has 0 aliphatic carbocycles. The number of hydrogen-bond donors (Lipinski definition) is 0. The topological polar surface area (TPSA) is 54.4 Å². The molecule has 8 heteroatoms. The van der Waals surface area contributed by atoms with Crippen molar-refractivity contribution >= 4 is 29.0 Å². The van der Waals surface area contributed by atoms with Gasteiger partial charge in [-0.05, 0) is 48.9 Å². The Morgan fingerprint density at radius 3 is 2.47 bits per heavy atom. The molecule has 0 aromatic heterocycles. The lowest BCUT2D eigenvalue weighted by molar-refractivity contribution is -0.135. The molecule has 0 bridgehead atoms. The lowest BCUT2D eigenvalue weighted by atomic mass is 9.90. The van der Waals surface area contributed by atoms with Crippen LogP contribution in [-0.4, -0.2) is 55.7 Å². The average Bonchev–Trinajstić information content (AvgIpc) is 3.16. The van der Waals surface area contributed by atoms with Crippen LogP contribution in [0.5, 0.6) is 0 Å². The fraction of sp³-hybridized carbons (Fsp3) is 0.364. The standard InChI is InChI=1S/C22H23ClFN3O3/c1-2-30-22(28)20-19(15-3-5-16(23)6-4-15)21(26-11-13-29-14-12-26)27(25-20)18-9-7-17(24)8-10-18/h3-10,19,21H,2,11-14H2,1H3. The van der Waals surface area contributed by atoms with E-state index in [9.17, 15) is 9.18 Å². The zero-order chi connectivity index (χ0) is 21.1. The van der Waals surface area contributed by atoms with Gasteiger partial charge < -0.3 is 9.47 Å². The molecule has 1 fully saturated rings. The Morgan fingerprint density at radius 2 is 1.83 bits per heavy atom. The largest absolute Gasteiger partial charge is 0.461 e. The summed E-state index contributed by atoms with van der Waals surface area (Å²) in [6.07, 6.45) is -0.278. The van der Waals surface area contributed by atoms with Crippen molar-refractivity contribution in [2.75, 3.05) is 37.9 Å². The molecule has 0 N–H and O–H groups in total. The highest BCUT2D eigenvalue weighted by molar-refractivity contribution is 6.39. The number of hydrazone groups is 1. The van der Waals surface area contributed by atoms with Crippen molar-refractivity contribution in [3.05, 3.63) is 64.9 Å². The minimum atomic E-state index is -0.458. The first-order valence-corrected chi connectivity index (χ1v) is 10.3. The van der Waals surface area contributed by atoms with E-state index in [1.165, 1.54) is 12.1 Å². The second-order valence-corrected chi connectivity index (χ2v) is 7.55. The summed E-state index contributed by atoms with van der Waals surface area (Å²) in [5.41, 5.74) is 1.93. The van der Waals surface area contributed by atoms with Gasteiger partial charge in [0, 0.05) is 18.1 Å². The van der Waals surface area contributed by atoms with Crippen LogP contribution < -0.4 is 5.01 Å². The number of nitrogens with zero attached hydrogens (tertiary/aromatic N) is 3. The molecule has 6 nitrogen and oxygen atoms in total. The summed E-state index contributed by atoms with van der Waals surface area (Å²) in [6, 6.07) is 13.5. The maximum atomic E-state index is 13.5. The predicted octanol–water partition coefficient (Wildman–Crippen LogP) is 3.66. The molecule has 2 aromatic rings. The molecular weight excluding hydrogens is 409 g/mol. The SMILES string of the molecule is CCOC(=O)C1=NN(c2ccc(F)cc2)C(N2CCOCC2)C1c1ccc(Cl)cc1. The number of carbonyl (C=O) groups is 1. The summed E-state index contributed by atoms with van der Waals surface area (Å²) >= 11 is 6.10. The van der Waals surface area contributed by atoms with Gasteiger partial charge in [0.25, 0.3) is 0 Å². The quantitative estimate of drug-likeness (QED) is 0.676. The highest BCUT2D eigenvalue weighted by Gasteiger charge is 2.46. The molecule has 158 valence electrons. The second-order valence-electron chi connectivity index (χ2n) is 7.12. The van der Waals surface area contributed by atoms with Crippen molar-refractivity contribution in [1.82, 2.24) is 4.90 Å². The summed E-state index contributed by atoms with van der Waals surface area (Å²) in [4.78, 5) is 15.1. The van der Waals surface area contributed by atoms with Gasteiger partial charge >= 0.3 is 5.97 Å². The number of ether oxygens (including phenoxy) is 2. The Morgan fingerprint density at radius 1 is 1.17 bits per heavy atom. The molecule has 1 saturated heterocycles. The van der Waals surface area contributed by atoms with Crippen molar-refractivity contribution in [3.63, 3.8) is 0 Å². The van der Waals surface area contributed by atoms with E-state index in [1.807, 2.05) is 12.1 Å². The Hall–Kier alpha value is -2.48. The average molecular weight is 432 g/mol. The minimum Gasteiger partial charge on any atom is -0.461 e. The van der Waals surface area contributed by atoms with Crippen LogP contribution in [0.2, 0.25) is 5.02 Å². The third-order valence-electron chi connectivity index (χ3n) is 5.28. The molecular formula is C22H23ClFN3O3. The van der Waals surface area contributed by atoms with E-state index >= 15 is 0 Å². The van der Waals surface area contributed by atoms with Gasteiger partial charge in [-0.2, -0.15) is 5.10 Å². The molecule has 2 atom stereocenters. The Kier molecular flexibility index (Phi) is 6.32. The zero-order valence-corrected chi connectivity index (χ0v) is 17.4. The van der Waals surface area contributed by atoms with Gasteiger partial charge in [-0.3, -0.25) is 4.90 Å². The molecule has 2 unspecified atom stereocenters. The van der Waals surface area contributed by atoms with Crippen LogP contribution in [0.15, 0.2) is 53.6 Å². The van der Waals surface area contributed by atoms with Gasteiger partial charge in [0.15, 0.2) is 5.71 Å². The highest BCUT2D eigenvalue weighted by atomic mass is 35.5. The number of anilines is 1. The van der Waals surface area contributed by atoms with Crippen LogP contribution in [0.25, 0.3) is 0 Å². The third-order valence-corrected chi connectivity index (χ3v) is 5.54. The summed E-state index contributed by atoms with van der Waals surface area (Å²) in [6.45, 7) is 4.59. The summed E-state index contributed by atoms with van der Waals surface area (Å²) < 4.78 is 24.4. The van der Waals surface area contributed by atoms with Crippen molar-refractivity contribution in [1.29, 1.82) is 0 Å². The van der Waals surface area contributed by atoms with Crippen LogP contribution >= 0.6 is 11.6 Å². The molecule has 0 spiro atoms. The number of carbonyl (C=O) groups excluding carboxylic acids is 1. The first kappa shape index (κ1) is 20.8.